The summed E-state index contributed by atoms with van der Waals surface area (Å²) in [6.07, 6.45) is 6.98. The predicted molar refractivity (Wildman–Crippen MR) is 67.2 cm³/mol. The van der Waals surface area contributed by atoms with Gasteiger partial charge in [0.05, 0.1) is 12.9 Å². The van der Waals surface area contributed by atoms with Gasteiger partial charge in [0.1, 0.15) is 0 Å². The Morgan fingerprint density at radius 3 is 2.81 bits per heavy atom. The summed E-state index contributed by atoms with van der Waals surface area (Å²) in [6, 6.07) is 0.565. The topological polar surface area (TPSA) is 21.3 Å². The van der Waals surface area contributed by atoms with Crippen molar-refractivity contribution in [2.24, 2.45) is 11.3 Å². The van der Waals surface area contributed by atoms with Gasteiger partial charge in [0.2, 0.25) is 0 Å². The molecule has 1 aliphatic carbocycles. The Kier molecular flexibility index (Phi) is 3.58. The van der Waals surface area contributed by atoms with Crippen LogP contribution in [0.25, 0.3) is 0 Å². The van der Waals surface area contributed by atoms with Crippen LogP contribution in [-0.2, 0) is 4.74 Å². The summed E-state index contributed by atoms with van der Waals surface area (Å²) in [4.78, 5) is 0. The highest BCUT2D eigenvalue weighted by molar-refractivity contribution is 5.18. The van der Waals surface area contributed by atoms with Crippen molar-refractivity contribution in [3.8, 4) is 0 Å². The second-order valence-electron chi connectivity index (χ2n) is 5.90. The number of ether oxygens (including phenoxy) is 1. The van der Waals surface area contributed by atoms with Crippen LogP contribution in [-0.4, -0.2) is 19.2 Å². The molecule has 0 aromatic rings. The fourth-order valence-corrected chi connectivity index (χ4v) is 2.72. The summed E-state index contributed by atoms with van der Waals surface area (Å²) >= 11 is 0. The van der Waals surface area contributed by atoms with E-state index >= 15 is 0 Å². The van der Waals surface area contributed by atoms with Gasteiger partial charge in [-0.3, -0.25) is 0 Å². The van der Waals surface area contributed by atoms with Crippen LogP contribution < -0.4 is 5.32 Å². The van der Waals surface area contributed by atoms with E-state index in [1.54, 1.807) is 0 Å². The monoisotopic (exact) mass is 223 g/mol. The van der Waals surface area contributed by atoms with E-state index in [1.807, 2.05) is 6.26 Å². The Bertz CT molecular complexity index is 270. The van der Waals surface area contributed by atoms with Crippen LogP contribution >= 0.6 is 0 Å². The van der Waals surface area contributed by atoms with Gasteiger partial charge >= 0.3 is 0 Å². The summed E-state index contributed by atoms with van der Waals surface area (Å²) in [7, 11) is 0. The van der Waals surface area contributed by atoms with Crippen molar-refractivity contribution in [2.75, 3.05) is 13.2 Å². The molecule has 2 heteroatoms. The zero-order chi connectivity index (χ0) is 11.6. The Labute approximate surface area is 99.4 Å². The molecule has 2 aliphatic rings. The summed E-state index contributed by atoms with van der Waals surface area (Å²) in [5.74, 6) is 0.812. The Hall–Kier alpha value is -0.500. The standard InChI is InChI=1S/C14H25NO/c1-4-7-15-13(12-9-14(12,2)3)11-6-5-8-16-10-11/h10,12-13,15H,4-9H2,1-3H3. The van der Waals surface area contributed by atoms with Gasteiger partial charge in [0, 0.05) is 6.04 Å². The molecule has 0 aromatic heterocycles. The molecule has 0 aromatic carbocycles. The Morgan fingerprint density at radius 1 is 1.56 bits per heavy atom. The highest BCUT2D eigenvalue weighted by Gasteiger charge is 2.50. The summed E-state index contributed by atoms with van der Waals surface area (Å²) < 4.78 is 5.49. The van der Waals surface area contributed by atoms with Crippen LogP contribution in [0.5, 0.6) is 0 Å². The number of rotatable bonds is 5. The minimum Gasteiger partial charge on any atom is -0.501 e. The van der Waals surface area contributed by atoms with Crippen molar-refractivity contribution in [1.29, 1.82) is 0 Å². The van der Waals surface area contributed by atoms with Crippen LogP contribution in [0.15, 0.2) is 11.8 Å². The lowest BCUT2D eigenvalue weighted by Crippen LogP contribution is -2.35. The van der Waals surface area contributed by atoms with Crippen LogP contribution in [0.4, 0.5) is 0 Å². The molecule has 2 atom stereocenters. The first kappa shape index (κ1) is 12.0. The first-order valence-corrected chi connectivity index (χ1v) is 6.69. The van der Waals surface area contributed by atoms with Crippen molar-refractivity contribution >= 4 is 0 Å². The van der Waals surface area contributed by atoms with Gasteiger partial charge in [-0.15, -0.1) is 0 Å². The third-order valence-corrected chi connectivity index (χ3v) is 3.97. The third kappa shape index (κ3) is 2.60. The lowest BCUT2D eigenvalue weighted by Gasteiger charge is -2.25. The predicted octanol–water partition coefficient (Wildman–Crippen LogP) is 3.10. The summed E-state index contributed by atoms with van der Waals surface area (Å²) in [6.45, 7) is 9.01. The summed E-state index contributed by atoms with van der Waals surface area (Å²) in [5.41, 5.74) is 2.03. The molecule has 2 unspecified atom stereocenters. The molecule has 1 N–H and O–H groups in total. The second-order valence-corrected chi connectivity index (χ2v) is 5.90. The van der Waals surface area contributed by atoms with E-state index in [0.717, 1.165) is 19.1 Å². The van der Waals surface area contributed by atoms with Crippen molar-refractivity contribution in [1.82, 2.24) is 5.32 Å². The molecule has 0 radical (unpaired) electrons. The lowest BCUT2D eigenvalue weighted by molar-refractivity contribution is 0.216. The zero-order valence-electron chi connectivity index (χ0n) is 10.9. The van der Waals surface area contributed by atoms with Crippen LogP contribution in [0.1, 0.15) is 46.5 Å². The smallest absolute Gasteiger partial charge is 0.0876 e. The van der Waals surface area contributed by atoms with Gasteiger partial charge in [0.15, 0.2) is 0 Å². The average Bonchev–Trinajstić information content (AvgIpc) is 2.90. The van der Waals surface area contributed by atoms with Gasteiger partial charge < -0.3 is 10.1 Å². The molecule has 1 heterocycles. The molecule has 0 bridgehead atoms. The molecule has 92 valence electrons. The molecule has 0 saturated heterocycles. The fraction of sp³-hybridized carbons (Fsp3) is 0.857. The molecule has 16 heavy (non-hydrogen) atoms. The second kappa shape index (κ2) is 4.79. The third-order valence-electron chi connectivity index (χ3n) is 3.97. The molecule has 0 spiro atoms. The maximum absolute atomic E-state index is 5.49. The van der Waals surface area contributed by atoms with Crippen LogP contribution in [0.2, 0.25) is 0 Å². The van der Waals surface area contributed by atoms with Crippen LogP contribution in [0, 0.1) is 11.3 Å². The van der Waals surface area contributed by atoms with Gasteiger partial charge in [-0.05, 0) is 49.1 Å². The maximum atomic E-state index is 5.49. The van der Waals surface area contributed by atoms with Crippen molar-refractivity contribution < 1.29 is 4.74 Å². The normalized spacial score (nSPS) is 29.2. The molecular formula is C14H25NO. The molecule has 1 fully saturated rings. The van der Waals surface area contributed by atoms with E-state index in [1.165, 1.54) is 31.3 Å². The molecule has 2 rings (SSSR count). The van der Waals surface area contributed by atoms with E-state index in [2.05, 4.69) is 26.1 Å². The minimum atomic E-state index is 0.531. The molecule has 1 aliphatic heterocycles. The quantitative estimate of drug-likeness (QED) is 0.773. The number of hydrogen-bond donors (Lipinski definition) is 1. The van der Waals surface area contributed by atoms with Gasteiger partial charge in [0.25, 0.3) is 0 Å². The fourth-order valence-electron chi connectivity index (χ4n) is 2.72. The van der Waals surface area contributed by atoms with E-state index in [0.29, 0.717) is 11.5 Å². The summed E-state index contributed by atoms with van der Waals surface area (Å²) in [5, 5.41) is 3.71. The van der Waals surface area contributed by atoms with Crippen molar-refractivity contribution in [3.63, 3.8) is 0 Å². The SMILES string of the molecule is CCCNC(C1=COCCC1)C1CC1(C)C. The highest BCUT2D eigenvalue weighted by atomic mass is 16.5. The van der Waals surface area contributed by atoms with Gasteiger partial charge in [-0.2, -0.15) is 0 Å². The number of hydrogen-bond acceptors (Lipinski definition) is 2. The highest BCUT2D eigenvalue weighted by Crippen LogP contribution is 2.55. The molecule has 0 amide bonds. The minimum absolute atomic E-state index is 0.531. The Balaban J connectivity index is 2.00. The maximum Gasteiger partial charge on any atom is 0.0876 e. The van der Waals surface area contributed by atoms with Gasteiger partial charge in [-0.25, -0.2) is 0 Å². The lowest BCUT2D eigenvalue weighted by atomic mass is 9.94. The van der Waals surface area contributed by atoms with Crippen molar-refractivity contribution in [3.05, 3.63) is 11.8 Å². The zero-order valence-corrected chi connectivity index (χ0v) is 10.9. The molecular weight excluding hydrogens is 198 g/mol. The molecule has 2 nitrogen and oxygen atoms in total. The first-order chi connectivity index (χ1) is 7.65. The van der Waals surface area contributed by atoms with E-state index in [9.17, 15) is 0 Å². The van der Waals surface area contributed by atoms with E-state index in [-0.39, 0.29) is 0 Å². The number of nitrogens with one attached hydrogen (secondary N) is 1. The van der Waals surface area contributed by atoms with E-state index < -0.39 is 0 Å². The van der Waals surface area contributed by atoms with Crippen molar-refractivity contribution in [2.45, 2.75) is 52.5 Å². The average molecular weight is 223 g/mol. The van der Waals surface area contributed by atoms with E-state index in [4.69, 9.17) is 4.74 Å². The largest absolute Gasteiger partial charge is 0.501 e. The van der Waals surface area contributed by atoms with Gasteiger partial charge in [-0.1, -0.05) is 20.8 Å². The Morgan fingerprint density at radius 2 is 2.31 bits per heavy atom. The first-order valence-electron chi connectivity index (χ1n) is 6.69. The van der Waals surface area contributed by atoms with Crippen LogP contribution in [0.3, 0.4) is 0 Å². The molecule has 1 saturated carbocycles.